The van der Waals surface area contributed by atoms with Crippen molar-refractivity contribution in [2.45, 2.75) is 44.2 Å². The molecule has 1 aliphatic carbocycles. The molecule has 0 saturated heterocycles. The summed E-state index contributed by atoms with van der Waals surface area (Å²) in [5, 5.41) is 11.5. The van der Waals surface area contributed by atoms with Gasteiger partial charge in [-0.1, -0.05) is 0 Å². The van der Waals surface area contributed by atoms with E-state index >= 15 is 0 Å². The molecule has 21 heavy (non-hydrogen) atoms. The molecule has 114 valence electrons. The van der Waals surface area contributed by atoms with E-state index in [9.17, 15) is 14.4 Å². The van der Waals surface area contributed by atoms with Crippen molar-refractivity contribution in [3.8, 4) is 0 Å². The van der Waals surface area contributed by atoms with Crippen LogP contribution in [0, 0.1) is 0 Å². The van der Waals surface area contributed by atoms with Gasteiger partial charge >= 0.3 is 5.97 Å². The van der Waals surface area contributed by atoms with Crippen LogP contribution >= 0.6 is 0 Å². The third kappa shape index (κ3) is 3.62. The number of carbonyl (C=O) groups excluding carboxylic acids is 2. The number of aromatic nitrogens is 1. The zero-order valence-electron chi connectivity index (χ0n) is 11.6. The summed E-state index contributed by atoms with van der Waals surface area (Å²) in [7, 11) is 0. The molecule has 0 radical (unpaired) electrons. The molecule has 1 saturated carbocycles. The van der Waals surface area contributed by atoms with Crippen molar-refractivity contribution in [1.29, 1.82) is 0 Å². The summed E-state index contributed by atoms with van der Waals surface area (Å²) in [5.74, 6) is -2.21. The Bertz CT molecular complexity index is 548. The predicted molar refractivity (Wildman–Crippen MR) is 74.6 cm³/mol. The standard InChI is InChI=1S/C14H19N3O4/c15-12(18)7-6-10(14(20)21)16-13(19)11-5-2-8-17(11)9-3-1-4-9/h2,5,8-10H,1,3-4,6-7H2,(H2,15,18)(H,16,19)(H,20,21). The average molecular weight is 293 g/mol. The van der Waals surface area contributed by atoms with Gasteiger partial charge in [-0.3, -0.25) is 9.59 Å². The quantitative estimate of drug-likeness (QED) is 0.685. The fourth-order valence-electron chi connectivity index (χ4n) is 2.35. The normalized spacial score (nSPS) is 16.0. The van der Waals surface area contributed by atoms with Gasteiger partial charge < -0.3 is 20.7 Å². The fourth-order valence-corrected chi connectivity index (χ4v) is 2.35. The number of carbonyl (C=O) groups is 3. The Morgan fingerprint density at radius 3 is 2.67 bits per heavy atom. The SMILES string of the molecule is NC(=O)CCC(NC(=O)c1cccn1C1CCC1)C(=O)O. The van der Waals surface area contributed by atoms with Gasteiger partial charge in [0.15, 0.2) is 0 Å². The summed E-state index contributed by atoms with van der Waals surface area (Å²) in [6.07, 6.45) is 4.93. The van der Waals surface area contributed by atoms with Crippen molar-refractivity contribution in [2.75, 3.05) is 0 Å². The van der Waals surface area contributed by atoms with Crippen molar-refractivity contribution < 1.29 is 19.5 Å². The van der Waals surface area contributed by atoms with E-state index in [1.54, 1.807) is 12.1 Å². The highest BCUT2D eigenvalue weighted by atomic mass is 16.4. The Kier molecular flexibility index (Phi) is 4.62. The van der Waals surface area contributed by atoms with Crippen molar-refractivity contribution >= 4 is 17.8 Å². The molecule has 2 amide bonds. The summed E-state index contributed by atoms with van der Waals surface area (Å²) in [5.41, 5.74) is 5.46. The van der Waals surface area contributed by atoms with Crippen LogP contribution in [0.2, 0.25) is 0 Å². The van der Waals surface area contributed by atoms with Gasteiger partial charge in [-0.15, -0.1) is 0 Å². The molecule has 7 heteroatoms. The molecule has 4 N–H and O–H groups in total. The zero-order chi connectivity index (χ0) is 15.4. The molecule has 1 aliphatic rings. The number of amides is 2. The number of nitrogens with two attached hydrogens (primary N) is 1. The Morgan fingerprint density at radius 2 is 2.14 bits per heavy atom. The van der Waals surface area contributed by atoms with Crippen molar-refractivity contribution in [1.82, 2.24) is 9.88 Å². The van der Waals surface area contributed by atoms with Crippen LogP contribution in [-0.2, 0) is 9.59 Å². The number of hydrogen-bond acceptors (Lipinski definition) is 3. The number of nitrogens with zero attached hydrogens (tertiary/aromatic N) is 1. The second-order valence-electron chi connectivity index (χ2n) is 5.25. The topological polar surface area (TPSA) is 114 Å². The maximum absolute atomic E-state index is 12.2. The minimum absolute atomic E-state index is 0.0133. The molecule has 1 heterocycles. The van der Waals surface area contributed by atoms with Gasteiger partial charge in [-0.05, 0) is 37.8 Å². The molecule has 2 rings (SSSR count). The first-order chi connectivity index (χ1) is 9.99. The molecule has 1 aromatic rings. The molecule has 1 fully saturated rings. The van der Waals surface area contributed by atoms with E-state index in [1.807, 2.05) is 10.8 Å². The lowest BCUT2D eigenvalue weighted by Gasteiger charge is -2.29. The maximum Gasteiger partial charge on any atom is 0.326 e. The van der Waals surface area contributed by atoms with Gasteiger partial charge in [-0.25, -0.2) is 4.79 Å². The predicted octanol–water partition coefficient (Wildman–Crippen LogP) is 0.662. The minimum Gasteiger partial charge on any atom is -0.480 e. The molecule has 1 atom stereocenters. The van der Waals surface area contributed by atoms with Crippen molar-refractivity contribution in [2.24, 2.45) is 5.73 Å². The van der Waals surface area contributed by atoms with Crippen LogP contribution in [0.3, 0.4) is 0 Å². The van der Waals surface area contributed by atoms with Gasteiger partial charge in [0, 0.05) is 18.7 Å². The Labute approximate surface area is 122 Å². The summed E-state index contributed by atoms with van der Waals surface area (Å²) >= 11 is 0. The van der Waals surface area contributed by atoms with Crippen molar-refractivity contribution in [3.63, 3.8) is 0 Å². The van der Waals surface area contributed by atoms with Crippen LogP contribution in [0.25, 0.3) is 0 Å². The fraction of sp³-hybridized carbons (Fsp3) is 0.500. The third-order valence-electron chi connectivity index (χ3n) is 3.76. The molecule has 7 nitrogen and oxygen atoms in total. The first-order valence-corrected chi connectivity index (χ1v) is 6.98. The van der Waals surface area contributed by atoms with Crippen LogP contribution in [0.5, 0.6) is 0 Å². The van der Waals surface area contributed by atoms with E-state index in [2.05, 4.69) is 5.32 Å². The number of nitrogens with one attached hydrogen (secondary N) is 1. The van der Waals surface area contributed by atoms with Crippen LogP contribution in [0.1, 0.15) is 48.6 Å². The second-order valence-corrected chi connectivity index (χ2v) is 5.25. The molecule has 0 spiro atoms. The van der Waals surface area contributed by atoms with E-state index in [4.69, 9.17) is 10.8 Å². The lowest BCUT2D eigenvalue weighted by atomic mass is 9.93. The third-order valence-corrected chi connectivity index (χ3v) is 3.76. The summed E-state index contributed by atoms with van der Waals surface area (Å²) in [6, 6.07) is 2.64. The Balaban J connectivity index is 2.03. The number of carboxylic acid groups (broad SMARTS) is 1. The second kappa shape index (κ2) is 6.43. The Hall–Kier alpha value is -2.31. The van der Waals surface area contributed by atoms with Crippen LogP contribution in [-0.4, -0.2) is 33.5 Å². The van der Waals surface area contributed by atoms with Gasteiger partial charge in [-0.2, -0.15) is 0 Å². The van der Waals surface area contributed by atoms with Crippen LogP contribution < -0.4 is 11.1 Å². The molecular formula is C14H19N3O4. The molecule has 1 unspecified atom stereocenters. The number of primary amides is 1. The van der Waals surface area contributed by atoms with E-state index in [0.29, 0.717) is 11.7 Å². The van der Waals surface area contributed by atoms with E-state index in [1.165, 1.54) is 0 Å². The average Bonchev–Trinajstić information content (AvgIpc) is 2.80. The lowest BCUT2D eigenvalue weighted by Crippen LogP contribution is -2.42. The number of aliphatic carboxylic acids is 1. The number of rotatable bonds is 7. The molecule has 1 aromatic heterocycles. The highest BCUT2D eigenvalue weighted by Gasteiger charge is 2.26. The van der Waals surface area contributed by atoms with E-state index in [0.717, 1.165) is 19.3 Å². The van der Waals surface area contributed by atoms with Gasteiger partial charge in [0.2, 0.25) is 5.91 Å². The monoisotopic (exact) mass is 293 g/mol. The maximum atomic E-state index is 12.2. The number of hydrogen-bond donors (Lipinski definition) is 3. The molecular weight excluding hydrogens is 274 g/mol. The summed E-state index contributed by atoms with van der Waals surface area (Å²) in [6.45, 7) is 0. The highest BCUT2D eigenvalue weighted by Crippen LogP contribution is 2.32. The molecule has 0 bridgehead atoms. The van der Waals surface area contributed by atoms with Crippen LogP contribution in [0.4, 0.5) is 0 Å². The van der Waals surface area contributed by atoms with Gasteiger partial charge in [0.25, 0.3) is 5.91 Å². The van der Waals surface area contributed by atoms with E-state index in [-0.39, 0.29) is 12.8 Å². The smallest absolute Gasteiger partial charge is 0.326 e. The lowest BCUT2D eigenvalue weighted by molar-refractivity contribution is -0.139. The van der Waals surface area contributed by atoms with Crippen LogP contribution in [0.15, 0.2) is 18.3 Å². The first kappa shape index (κ1) is 15.1. The largest absolute Gasteiger partial charge is 0.480 e. The highest BCUT2D eigenvalue weighted by molar-refractivity contribution is 5.95. The van der Waals surface area contributed by atoms with Gasteiger partial charge in [0.1, 0.15) is 11.7 Å². The molecule has 0 aliphatic heterocycles. The number of carboxylic acids is 1. The minimum atomic E-state index is -1.17. The summed E-state index contributed by atoms with van der Waals surface area (Å²) in [4.78, 5) is 34.1. The molecule has 0 aromatic carbocycles. The Morgan fingerprint density at radius 1 is 1.43 bits per heavy atom. The zero-order valence-corrected chi connectivity index (χ0v) is 11.6. The summed E-state index contributed by atoms with van der Waals surface area (Å²) < 4.78 is 1.88. The van der Waals surface area contributed by atoms with E-state index < -0.39 is 23.8 Å². The first-order valence-electron chi connectivity index (χ1n) is 6.98. The van der Waals surface area contributed by atoms with Crippen molar-refractivity contribution in [3.05, 3.63) is 24.0 Å². The van der Waals surface area contributed by atoms with Gasteiger partial charge in [0.05, 0.1) is 0 Å².